The molecule has 0 aliphatic rings. The van der Waals surface area contributed by atoms with Crippen LogP contribution in [-0.2, 0) is 0 Å². The van der Waals surface area contributed by atoms with E-state index < -0.39 is 17.4 Å². The molecule has 0 heterocycles. The Morgan fingerprint density at radius 1 is 0.373 bits per heavy atom. The number of halogens is 1. The maximum absolute atomic E-state index is 14.4. The van der Waals surface area contributed by atoms with Crippen LogP contribution >= 0.6 is 0 Å². The Balaban J connectivity index is 1.23. The van der Waals surface area contributed by atoms with Crippen LogP contribution in [0, 0.1) is 5.82 Å². The summed E-state index contributed by atoms with van der Waals surface area (Å²) >= 11 is 0. The summed E-state index contributed by atoms with van der Waals surface area (Å²) in [6.07, 6.45) is 12.8. The first-order valence-electron chi connectivity index (χ1n) is 22.7. The molecule has 6 rings (SSSR count). The van der Waals surface area contributed by atoms with Gasteiger partial charge in [-0.25, -0.2) is 4.39 Å². The fraction of sp³-hybridized carbons (Fsp3) is 0.193. The second kappa shape index (κ2) is 26.3. The average molecular weight is 1030 g/mol. The van der Waals surface area contributed by atoms with Gasteiger partial charge in [0.2, 0.25) is 23.0 Å². The molecule has 0 amide bonds. The maximum Gasteiger partial charge on any atom is 0.224 e. The number of hydrogen-bond acceptors (Lipinski definition) is 17. The second-order valence-corrected chi connectivity index (χ2v) is 15.5. The third-order valence-corrected chi connectivity index (χ3v) is 11.3. The van der Waals surface area contributed by atoms with Crippen molar-refractivity contribution in [2.75, 3.05) is 88.8 Å². The summed E-state index contributed by atoms with van der Waals surface area (Å²) in [6.45, 7) is 0. The van der Waals surface area contributed by atoms with Crippen molar-refractivity contribution < 1.29 is 75.9 Å². The normalized spacial score (nSPS) is 11.1. The number of rotatable bonds is 26. The molecule has 0 aliphatic heterocycles. The molecule has 18 heteroatoms. The maximum atomic E-state index is 14.4. The van der Waals surface area contributed by atoms with Crippen molar-refractivity contribution in [3.05, 3.63) is 149 Å². The highest BCUT2D eigenvalue weighted by molar-refractivity contribution is 6.05. The molecule has 6 aromatic rings. The minimum atomic E-state index is -0.662. The Hall–Kier alpha value is -9.45. The summed E-state index contributed by atoms with van der Waals surface area (Å²) < 4.78 is 75.3. The van der Waals surface area contributed by atoms with Crippen molar-refractivity contribution in [2.45, 2.75) is 0 Å². The fourth-order valence-corrected chi connectivity index (χ4v) is 7.54. The smallest absolute Gasteiger partial charge is 0.224 e. The van der Waals surface area contributed by atoms with E-state index in [9.17, 15) is 14.0 Å². The Morgan fingerprint density at radius 2 is 0.747 bits per heavy atom. The van der Waals surface area contributed by atoms with Crippen LogP contribution in [0.3, 0.4) is 0 Å². The lowest BCUT2D eigenvalue weighted by molar-refractivity contribution is -0.103. The highest BCUT2D eigenvalue weighted by atomic mass is 19.1. The van der Waals surface area contributed by atoms with Gasteiger partial charge >= 0.3 is 0 Å². The van der Waals surface area contributed by atoms with Crippen molar-refractivity contribution >= 4 is 47.2 Å². The van der Waals surface area contributed by atoms with Gasteiger partial charge in [-0.1, -0.05) is 24.3 Å². The number of carbonyl (C=O) groups is 2. The van der Waals surface area contributed by atoms with Crippen LogP contribution in [0.4, 0.5) is 15.8 Å². The molecule has 0 saturated carbocycles. The second-order valence-electron chi connectivity index (χ2n) is 15.5. The van der Waals surface area contributed by atoms with Crippen molar-refractivity contribution in [1.29, 1.82) is 0 Å². The van der Waals surface area contributed by atoms with E-state index in [4.69, 9.17) is 61.9 Å². The van der Waals surface area contributed by atoms with E-state index in [1.807, 2.05) is 30.4 Å². The van der Waals surface area contributed by atoms with Crippen molar-refractivity contribution in [2.24, 2.45) is 0 Å². The number of anilines is 2. The number of benzene rings is 6. The number of methoxy groups -OCH3 is 11. The van der Waals surface area contributed by atoms with E-state index in [1.165, 1.54) is 107 Å². The molecule has 0 radical (unpaired) electrons. The van der Waals surface area contributed by atoms with Gasteiger partial charge in [0.1, 0.15) is 0 Å². The Kier molecular flexibility index (Phi) is 19.2. The third kappa shape index (κ3) is 13.0. The van der Waals surface area contributed by atoms with Gasteiger partial charge in [-0.3, -0.25) is 19.4 Å². The van der Waals surface area contributed by atoms with Gasteiger partial charge in [0.15, 0.2) is 69.1 Å². The van der Waals surface area contributed by atoms with E-state index in [0.717, 1.165) is 11.6 Å². The molecule has 392 valence electrons. The molecule has 2 N–H and O–H groups in total. The number of ketones is 2. The topological polar surface area (TPSA) is 178 Å². The van der Waals surface area contributed by atoms with Gasteiger partial charge in [0.25, 0.3) is 0 Å². The van der Waals surface area contributed by atoms with Gasteiger partial charge in [0.05, 0.1) is 89.6 Å². The Bertz CT molecular complexity index is 3100. The molecule has 0 aliphatic carbocycles. The zero-order chi connectivity index (χ0) is 54.0. The molecule has 75 heavy (non-hydrogen) atoms. The van der Waals surface area contributed by atoms with Crippen molar-refractivity contribution in [1.82, 2.24) is 0 Å². The first kappa shape index (κ1) is 54.9. The van der Waals surface area contributed by atoms with Gasteiger partial charge in [-0.2, -0.15) is 0 Å². The monoisotopic (exact) mass is 1030 g/mol. The quantitative estimate of drug-likeness (QED) is 0.0172. The predicted octanol–water partition coefficient (Wildman–Crippen LogP) is 11.3. The summed E-state index contributed by atoms with van der Waals surface area (Å²) in [5, 5.41) is 6.31. The summed E-state index contributed by atoms with van der Waals surface area (Å²) in [6, 6.07) is 22.7. The summed E-state index contributed by atoms with van der Waals surface area (Å²) in [7, 11) is 16.4. The van der Waals surface area contributed by atoms with E-state index in [1.54, 1.807) is 68.8 Å². The zero-order valence-corrected chi connectivity index (χ0v) is 43.2. The number of allylic oxidation sites excluding steroid dienone is 2. The molecule has 0 bridgehead atoms. The standard InChI is InChI=1S/C57H57FN2O15/c1-63-43-20-18-38(32-40(43)58)41(61)24-26-59-53-37(17-23-46(66-4)57(53)73-11)15-13-35-30-50(69-7)55(71-9)51(31-35)75-74-47-33-39(19-21-44(47)64-2)42(62)25-27-60-52-36(16-22-45(65-3)56(52)72-10)14-12-34-28-48(67-5)54(70-8)49(29-34)68-6/h12-33,59-60H,1-11H3/b14-12-,15-13-,26-24-,27-25-. The van der Waals surface area contributed by atoms with Crippen LogP contribution in [0.2, 0.25) is 0 Å². The highest BCUT2D eigenvalue weighted by Gasteiger charge is 2.20. The Labute approximate surface area is 434 Å². The van der Waals surface area contributed by atoms with Gasteiger partial charge in [0, 0.05) is 52.9 Å². The molecule has 0 aromatic heterocycles. The van der Waals surface area contributed by atoms with Crippen molar-refractivity contribution in [3.63, 3.8) is 0 Å². The predicted molar refractivity (Wildman–Crippen MR) is 284 cm³/mol. The molecule has 0 saturated heterocycles. The van der Waals surface area contributed by atoms with Gasteiger partial charge < -0.3 is 62.7 Å². The molecule has 0 atom stereocenters. The first-order chi connectivity index (χ1) is 36.4. The van der Waals surface area contributed by atoms with E-state index in [-0.39, 0.29) is 39.9 Å². The number of nitrogens with one attached hydrogen (secondary N) is 2. The SMILES string of the molecule is COc1ccc(C(=O)/C=C\Nc2c(/C=C\c3cc(OC)c(OC)c(OOc4cc(C(=O)/C=C\Nc5c(/C=C\c6cc(OC)c(OC)c(OC)c6)ccc(OC)c5OC)ccc4OC)c3)ccc(OC)c2OC)cc1F. The molecule has 6 aromatic carbocycles. The molecule has 0 fully saturated rings. The largest absolute Gasteiger partial charge is 0.494 e. The lowest BCUT2D eigenvalue weighted by Gasteiger charge is -2.16. The molecular formula is C57H57FN2O15. The van der Waals surface area contributed by atoms with E-state index in [0.29, 0.717) is 74.1 Å². The average Bonchev–Trinajstić information content (AvgIpc) is 3.44. The van der Waals surface area contributed by atoms with Crippen LogP contribution < -0.4 is 72.5 Å². The fourth-order valence-electron chi connectivity index (χ4n) is 7.54. The highest BCUT2D eigenvalue weighted by Crippen LogP contribution is 2.44. The van der Waals surface area contributed by atoms with Crippen molar-refractivity contribution in [3.8, 4) is 74.7 Å². The van der Waals surface area contributed by atoms with Crippen LogP contribution in [0.5, 0.6) is 74.7 Å². The van der Waals surface area contributed by atoms with Crippen LogP contribution in [0.25, 0.3) is 24.3 Å². The van der Waals surface area contributed by atoms with Crippen LogP contribution in [-0.4, -0.2) is 89.8 Å². The van der Waals surface area contributed by atoms with Gasteiger partial charge in [-0.05, 0) is 90.0 Å². The Morgan fingerprint density at radius 3 is 1.16 bits per heavy atom. The van der Waals surface area contributed by atoms with Crippen LogP contribution in [0.15, 0.2) is 109 Å². The molecule has 0 unspecified atom stereocenters. The minimum Gasteiger partial charge on any atom is -0.494 e. The minimum absolute atomic E-state index is 0.0221. The number of carbonyl (C=O) groups excluding carboxylic acids is 2. The summed E-state index contributed by atoms with van der Waals surface area (Å²) in [5.41, 5.74) is 4.01. The summed E-state index contributed by atoms with van der Waals surface area (Å²) in [5.74, 6) is 2.57. The summed E-state index contributed by atoms with van der Waals surface area (Å²) in [4.78, 5) is 38.5. The zero-order valence-electron chi connectivity index (χ0n) is 43.2. The van der Waals surface area contributed by atoms with Gasteiger partial charge in [-0.15, -0.1) is 0 Å². The number of ether oxygens (including phenoxy) is 11. The van der Waals surface area contributed by atoms with E-state index >= 15 is 0 Å². The van der Waals surface area contributed by atoms with E-state index in [2.05, 4.69) is 10.6 Å². The first-order valence-corrected chi connectivity index (χ1v) is 22.7. The molecule has 17 nitrogen and oxygen atoms in total. The molecular weight excluding hydrogens is 972 g/mol. The lowest BCUT2D eigenvalue weighted by atomic mass is 10.1. The third-order valence-electron chi connectivity index (χ3n) is 11.3. The lowest BCUT2D eigenvalue weighted by Crippen LogP contribution is -2.06. The van der Waals surface area contributed by atoms with Crippen LogP contribution in [0.1, 0.15) is 43.0 Å². The number of hydrogen-bond donors (Lipinski definition) is 2. The molecule has 0 spiro atoms.